The molecule has 0 aliphatic heterocycles. The first-order chi connectivity index (χ1) is 6.45. The molecule has 0 radical (unpaired) electrons. The van der Waals surface area contributed by atoms with Gasteiger partial charge in [0.25, 0.3) is 0 Å². The van der Waals surface area contributed by atoms with E-state index in [1.807, 2.05) is 0 Å². The van der Waals surface area contributed by atoms with E-state index in [4.69, 9.17) is 5.73 Å². The van der Waals surface area contributed by atoms with E-state index < -0.39 is 17.8 Å². The molecule has 0 aromatic heterocycles. The molecule has 1 nitrogen and oxygen atoms in total. The Balaban J connectivity index is 0.00000196. The smallest absolute Gasteiger partial charge is 0.321 e. The number of rotatable bonds is 2. The predicted octanol–water partition coefficient (Wildman–Crippen LogP) is 3.31. The van der Waals surface area contributed by atoms with Crippen LogP contribution < -0.4 is 5.73 Å². The number of alkyl halides is 3. The molecule has 0 unspecified atom stereocenters. The molecular formula is C10H11ClF3N. The third-order valence-electron chi connectivity index (χ3n) is 1.85. The standard InChI is InChI=1S/C10H10F3N.ClH/c1-2-9(14)7-4-3-5-8(6-7)10(11,12)13;/h2-6,9H,1,14H2;1H/t9-;/m1./s1. The largest absolute Gasteiger partial charge is 0.416 e. The second-order valence-electron chi connectivity index (χ2n) is 2.88. The maximum atomic E-state index is 12.3. The molecule has 0 bridgehead atoms. The van der Waals surface area contributed by atoms with Crippen molar-refractivity contribution in [2.24, 2.45) is 5.73 Å². The van der Waals surface area contributed by atoms with Gasteiger partial charge in [0.05, 0.1) is 5.56 Å². The second-order valence-corrected chi connectivity index (χ2v) is 2.88. The van der Waals surface area contributed by atoms with Gasteiger partial charge in [0.1, 0.15) is 0 Å². The van der Waals surface area contributed by atoms with Crippen molar-refractivity contribution in [3.8, 4) is 0 Å². The molecule has 5 heteroatoms. The van der Waals surface area contributed by atoms with E-state index >= 15 is 0 Å². The quantitative estimate of drug-likeness (QED) is 0.785. The molecule has 0 aliphatic carbocycles. The minimum absolute atomic E-state index is 0. The van der Waals surface area contributed by atoms with Gasteiger partial charge >= 0.3 is 6.18 Å². The number of nitrogens with two attached hydrogens (primary N) is 1. The minimum atomic E-state index is -4.32. The molecule has 1 aromatic rings. The molecule has 15 heavy (non-hydrogen) atoms. The molecule has 2 N–H and O–H groups in total. The van der Waals surface area contributed by atoms with Crippen LogP contribution in [0, 0.1) is 0 Å². The topological polar surface area (TPSA) is 26.0 Å². The lowest BCUT2D eigenvalue weighted by Crippen LogP contribution is -2.10. The summed E-state index contributed by atoms with van der Waals surface area (Å²) < 4.78 is 36.8. The fourth-order valence-corrected chi connectivity index (χ4v) is 1.06. The summed E-state index contributed by atoms with van der Waals surface area (Å²) in [4.78, 5) is 0. The Labute approximate surface area is 92.2 Å². The van der Waals surface area contributed by atoms with Crippen LogP contribution in [0.5, 0.6) is 0 Å². The molecule has 0 aliphatic rings. The van der Waals surface area contributed by atoms with Crippen molar-refractivity contribution in [1.82, 2.24) is 0 Å². The third kappa shape index (κ3) is 3.57. The Bertz CT molecular complexity index is 336. The lowest BCUT2D eigenvalue weighted by molar-refractivity contribution is -0.137. The van der Waals surface area contributed by atoms with Gasteiger partial charge in [0, 0.05) is 6.04 Å². The first kappa shape index (κ1) is 14.0. The summed E-state index contributed by atoms with van der Waals surface area (Å²) >= 11 is 0. The first-order valence-electron chi connectivity index (χ1n) is 4.00. The van der Waals surface area contributed by atoms with Crippen LogP contribution in [0.3, 0.4) is 0 Å². The molecule has 0 heterocycles. The Morgan fingerprint density at radius 3 is 2.40 bits per heavy atom. The van der Waals surface area contributed by atoms with Crippen LogP contribution in [0.15, 0.2) is 36.9 Å². The van der Waals surface area contributed by atoms with Crippen molar-refractivity contribution in [3.63, 3.8) is 0 Å². The normalized spacial score (nSPS) is 12.8. The first-order valence-corrected chi connectivity index (χ1v) is 4.00. The summed E-state index contributed by atoms with van der Waals surface area (Å²) in [5.41, 5.74) is 5.25. The highest BCUT2D eigenvalue weighted by atomic mass is 35.5. The van der Waals surface area contributed by atoms with Gasteiger partial charge in [0.15, 0.2) is 0 Å². The summed E-state index contributed by atoms with van der Waals surface area (Å²) in [6.07, 6.45) is -2.92. The number of halogens is 4. The lowest BCUT2D eigenvalue weighted by Gasteiger charge is -2.10. The zero-order valence-electron chi connectivity index (χ0n) is 7.79. The SMILES string of the molecule is C=C[C@@H](N)c1cccc(C(F)(F)F)c1.Cl. The van der Waals surface area contributed by atoms with Crippen molar-refractivity contribution in [1.29, 1.82) is 0 Å². The summed E-state index contributed by atoms with van der Waals surface area (Å²) in [5, 5.41) is 0. The molecule has 0 saturated carbocycles. The van der Waals surface area contributed by atoms with E-state index in [1.165, 1.54) is 12.1 Å². The van der Waals surface area contributed by atoms with E-state index in [9.17, 15) is 13.2 Å². The Kier molecular flexibility index (Phi) is 4.84. The van der Waals surface area contributed by atoms with E-state index in [-0.39, 0.29) is 12.4 Å². The van der Waals surface area contributed by atoms with Gasteiger partial charge in [-0.15, -0.1) is 19.0 Å². The van der Waals surface area contributed by atoms with Gasteiger partial charge in [-0.25, -0.2) is 0 Å². The van der Waals surface area contributed by atoms with Crippen LogP contribution in [0.1, 0.15) is 17.2 Å². The summed E-state index contributed by atoms with van der Waals surface area (Å²) in [6.45, 7) is 3.42. The van der Waals surface area contributed by atoms with Gasteiger partial charge in [0.2, 0.25) is 0 Å². The molecule has 0 saturated heterocycles. The summed E-state index contributed by atoms with van der Waals surface area (Å²) in [7, 11) is 0. The van der Waals surface area contributed by atoms with Crippen molar-refractivity contribution in [3.05, 3.63) is 48.0 Å². The van der Waals surface area contributed by atoms with Gasteiger partial charge in [-0.3, -0.25) is 0 Å². The van der Waals surface area contributed by atoms with Crippen molar-refractivity contribution in [2.45, 2.75) is 12.2 Å². The zero-order chi connectivity index (χ0) is 10.8. The second kappa shape index (κ2) is 5.19. The molecule has 0 fully saturated rings. The maximum absolute atomic E-state index is 12.3. The van der Waals surface area contributed by atoms with Gasteiger partial charge in [-0.05, 0) is 17.7 Å². The van der Waals surface area contributed by atoms with Crippen molar-refractivity contribution >= 4 is 12.4 Å². The van der Waals surface area contributed by atoms with Crippen molar-refractivity contribution in [2.75, 3.05) is 0 Å². The van der Waals surface area contributed by atoms with E-state index in [2.05, 4.69) is 6.58 Å². The third-order valence-corrected chi connectivity index (χ3v) is 1.85. The molecule has 0 amide bonds. The van der Waals surface area contributed by atoms with Crippen LogP contribution >= 0.6 is 12.4 Å². The van der Waals surface area contributed by atoms with E-state index in [0.29, 0.717) is 5.56 Å². The molecule has 1 rings (SSSR count). The highest BCUT2D eigenvalue weighted by Gasteiger charge is 2.30. The summed E-state index contributed by atoms with van der Waals surface area (Å²) in [5.74, 6) is 0. The molecule has 84 valence electrons. The monoisotopic (exact) mass is 237 g/mol. The minimum Gasteiger partial charge on any atom is -0.321 e. The van der Waals surface area contributed by atoms with Crippen LogP contribution in [0.25, 0.3) is 0 Å². The van der Waals surface area contributed by atoms with Crippen molar-refractivity contribution < 1.29 is 13.2 Å². The summed E-state index contributed by atoms with van der Waals surface area (Å²) in [6, 6.07) is 4.37. The number of benzene rings is 1. The van der Waals surface area contributed by atoms with Crippen LogP contribution in [0.4, 0.5) is 13.2 Å². The Morgan fingerprint density at radius 1 is 1.33 bits per heavy atom. The molecule has 1 aromatic carbocycles. The highest BCUT2D eigenvalue weighted by molar-refractivity contribution is 5.85. The maximum Gasteiger partial charge on any atom is 0.416 e. The number of hydrogen-bond acceptors (Lipinski definition) is 1. The molecule has 1 atom stereocenters. The van der Waals surface area contributed by atoms with Gasteiger partial charge < -0.3 is 5.73 Å². The average Bonchev–Trinajstić information content (AvgIpc) is 2.15. The van der Waals surface area contributed by atoms with Gasteiger partial charge in [-0.1, -0.05) is 18.2 Å². The average molecular weight is 238 g/mol. The fourth-order valence-electron chi connectivity index (χ4n) is 1.06. The molecular weight excluding hydrogens is 227 g/mol. The van der Waals surface area contributed by atoms with Crippen LogP contribution in [0.2, 0.25) is 0 Å². The van der Waals surface area contributed by atoms with Crippen LogP contribution in [-0.2, 0) is 6.18 Å². The Morgan fingerprint density at radius 2 is 1.93 bits per heavy atom. The number of hydrogen-bond donors (Lipinski definition) is 1. The lowest BCUT2D eigenvalue weighted by atomic mass is 10.0. The Hall–Kier alpha value is -1.00. The van der Waals surface area contributed by atoms with E-state index in [1.54, 1.807) is 6.07 Å². The van der Waals surface area contributed by atoms with Crippen LogP contribution in [-0.4, -0.2) is 0 Å². The molecule has 0 spiro atoms. The highest BCUT2D eigenvalue weighted by Crippen LogP contribution is 2.30. The van der Waals surface area contributed by atoms with Gasteiger partial charge in [-0.2, -0.15) is 13.2 Å². The van der Waals surface area contributed by atoms with E-state index in [0.717, 1.165) is 12.1 Å². The fraction of sp³-hybridized carbons (Fsp3) is 0.200. The predicted molar refractivity (Wildman–Crippen MR) is 55.8 cm³/mol. The zero-order valence-corrected chi connectivity index (χ0v) is 8.61.